The maximum absolute atomic E-state index is 11.9. The molecule has 0 aromatic carbocycles. The summed E-state index contributed by atoms with van der Waals surface area (Å²) in [4.78, 5) is 18.1. The molecule has 0 unspecified atom stereocenters. The Balaban J connectivity index is 4.03. The molecule has 0 heterocycles. The summed E-state index contributed by atoms with van der Waals surface area (Å²) in [6, 6.07) is 0. The number of hydrogen-bond donors (Lipinski definition) is 0. The number of carbonyl (C=O) groups excluding carboxylic acids is 1. The Labute approximate surface area is 117 Å². The summed E-state index contributed by atoms with van der Waals surface area (Å²) in [7, 11) is 8.21. The molecule has 0 fully saturated rings. The highest BCUT2D eigenvalue weighted by Gasteiger charge is 2.12. The lowest BCUT2D eigenvalue weighted by atomic mass is 10.3. The van der Waals surface area contributed by atoms with Crippen LogP contribution in [-0.2, 0) is 4.79 Å². The molecule has 1 amide bonds. The van der Waals surface area contributed by atoms with Gasteiger partial charge < -0.3 is 14.7 Å². The molecule has 0 atom stereocenters. The molecule has 0 saturated carbocycles. The van der Waals surface area contributed by atoms with Gasteiger partial charge >= 0.3 is 0 Å². The molecule has 0 radical (unpaired) electrons. The summed E-state index contributed by atoms with van der Waals surface area (Å²) < 4.78 is 0. The second kappa shape index (κ2) is 10.6. The van der Waals surface area contributed by atoms with Gasteiger partial charge in [0.2, 0.25) is 5.91 Å². The Morgan fingerprint density at radius 1 is 0.889 bits per heavy atom. The predicted octanol–water partition coefficient (Wildman–Crippen LogP) is 1.35. The van der Waals surface area contributed by atoms with Crippen LogP contribution < -0.4 is 0 Å². The molecule has 0 spiro atoms. The van der Waals surface area contributed by atoms with Gasteiger partial charge in [-0.2, -0.15) is 0 Å². The van der Waals surface area contributed by atoms with E-state index in [4.69, 9.17) is 11.6 Å². The second-order valence-corrected chi connectivity index (χ2v) is 5.51. The van der Waals surface area contributed by atoms with E-state index >= 15 is 0 Å². The minimum absolute atomic E-state index is 0.183. The molecule has 0 aliphatic heterocycles. The van der Waals surface area contributed by atoms with Crippen LogP contribution in [0.1, 0.15) is 19.3 Å². The van der Waals surface area contributed by atoms with Gasteiger partial charge in [0.05, 0.1) is 0 Å². The van der Waals surface area contributed by atoms with Gasteiger partial charge in [-0.3, -0.25) is 4.79 Å². The van der Waals surface area contributed by atoms with Gasteiger partial charge in [-0.15, -0.1) is 11.6 Å². The van der Waals surface area contributed by atoms with Crippen molar-refractivity contribution < 1.29 is 4.79 Å². The van der Waals surface area contributed by atoms with Crippen LogP contribution in [0.2, 0.25) is 0 Å². The number of nitrogens with zero attached hydrogens (tertiary/aromatic N) is 3. The van der Waals surface area contributed by atoms with Crippen molar-refractivity contribution in [1.82, 2.24) is 14.7 Å². The van der Waals surface area contributed by atoms with E-state index in [1.807, 2.05) is 4.90 Å². The van der Waals surface area contributed by atoms with Crippen molar-refractivity contribution >= 4 is 17.5 Å². The van der Waals surface area contributed by atoms with E-state index in [0.717, 1.165) is 39.0 Å². The molecule has 0 rings (SSSR count). The van der Waals surface area contributed by atoms with Crippen LogP contribution in [-0.4, -0.2) is 80.9 Å². The van der Waals surface area contributed by atoms with Gasteiger partial charge in [-0.1, -0.05) is 0 Å². The van der Waals surface area contributed by atoms with E-state index < -0.39 is 0 Å². The first-order valence-corrected chi connectivity index (χ1v) is 7.14. The molecule has 0 N–H and O–H groups in total. The van der Waals surface area contributed by atoms with Crippen molar-refractivity contribution in [3.63, 3.8) is 0 Å². The normalized spacial score (nSPS) is 11.3. The van der Waals surface area contributed by atoms with E-state index in [9.17, 15) is 4.79 Å². The molecule has 4 nitrogen and oxygen atoms in total. The Hall–Kier alpha value is -0.320. The van der Waals surface area contributed by atoms with Crippen LogP contribution in [0.4, 0.5) is 0 Å². The number of halogens is 1. The molecular weight excluding hydrogens is 250 g/mol. The summed E-state index contributed by atoms with van der Waals surface area (Å²) in [5.41, 5.74) is 0. The molecule has 5 heteroatoms. The zero-order valence-electron chi connectivity index (χ0n) is 12.3. The molecule has 0 saturated heterocycles. The topological polar surface area (TPSA) is 26.8 Å². The molecule has 0 aromatic rings. The van der Waals surface area contributed by atoms with E-state index in [0.29, 0.717) is 12.3 Å². The Morgan fingerprint density at radius 2 is 1.33 bits per heavy atom. The van der Waals surface area contributed by atoms with Crippen molar-refractivity contribution in [2.24, 2.45) is 0 Å². The first-order chi connectivity index (χ1) is 8.47. The van der Waals surface area contributed by atoms with Gasteiger partial charge in [0.1, 0.15) is 0 Å². The highest BCUT2D eigenvalue weighted by atomic mass is 35.5. The molecule has 0 aromatic heterocycles. The van der Waals surface area contributed by atoms with E-state index in [1.54, 1.807) is 0 Å². The smallest absolute Gasteiger partial charge is 0.223 e. The first kappa shape index (κ1) is 17.7. The third-order valence-electron chi connectivity index (χ3n) is 2.73. The van der Waals surface area contributed by atoms with Crippen molar-refractivity contribution in [3.8, 4) is 0 Å². The van der Waals surface area contributed by atoms with E-state index in [2.05, 4.69) is 38.0 Å². The lowest BCUT2D eigenvalue weighted by Gasteiger charge is -2.24. The van der Waals surface area contributed by atoms with Crippen molar-refractivity contribution in [3.05, 3.63) is 0 Å². The minimum Gasteiger partial charge on any atom is -0.343 e. The fourth-order valence-corrected chi connectivity index (χ4v) is 1.92. The van der Waals surface area contributed by atoms with Crippen LogP contribution in [0.3, 0.4) is 0 Å². The first-order valence-electron chi connectivity index (χ1n) is 6.60. The monoisotopic (exact) mass is 277 g/mol. The third kappa shape index (κ3) is 9.68. The van der Waals surface area contributed by atoms with Crippen LogP contribution >= 0.6 is 11.6 Å². The number of hydrogen-bond acceptors (Lipinski definition) is 3. The summed E-state index contributed by atoms with van der Waals surface area (Å²) in [5.74, 6) is 0.596. The highest BCUT2D eigenvalue weighted by Crippen LogP contribution is 2.01. The van der Waals surface area contributed by atoms with Gasteiger partial charge in [0.15, 0.2) is 0 Å². The standard InChI is InChI=1S/C13H28ClN3O/c1-15(2)9-5-11-17(13(18)7-8-14)12-6-10-16(3)4/h5-12H2,1-4H3. The number of rotatable bonds is 10. The predicted molar refractivity (Wildman–Crippen MR) is 78.3 cm³/mol. The number of alkyl halides is 1. The largest absolute Gasteiger partial charge is 0.343 e. The maximum atomic E-state index is 11.9. The van der Waals surface area contributed by atoms with Gasteiger partial charge in [0.25, 0.3) is 0 Å². The zero-order chi connectivity index (χ0) is 14.0. The maximum Gasteiger partial charge on any atom is 0.223 e. The fraction of sp³-hybridized carbons (Fsp3) is 0.923. The minimum atomic E-state index is 0.183. The number of amides is 1. The molecular formula is C13H28ClN3O. The molecule has 0 aliphatic rings. The average Bonchev–Trinajstić information content (AvgIpc) is 2.26. The molecule has 0 bridgehead atoms. The average molecular weight is 278 g/mol. The van der Waals surface area contributed by atoms with Crippen molar-refractivity contribution in [1.29, 1.82) is 0 Å². The van der Waals surface area contributed by atoms with Gasteiger partial charge in [-0.05, 0) is 54.1 Å². The van der Waals surface area contributed by atoms with Gasteiger partial charge in [-0.25, -0.2) is 0 Å². The van der Waals surface area contributed by atoms with E-state index in [-0.39, 0.29) is 5.91 Å². The summed E-state index contributed by atoms with van der Waals surface area (Å²) in [6.07, 6.45) is 2.48. The fourth-order valence-electron chi connectivity index (χ4n) is 1.76. The van der Waals surface area contributed by atoms with Crippen molar-refractivity contribution in [2.75, 3.05) is 60.2 Å². The lowest BCUT2D eigenvalue weighted by Crippen LogP contribution is -2.35. The van der Waals surface area contributed by atoms with Gasteiger partial charge in [0, 0.05) is 25.4 Å². The van der Waals surface area contributed by atoms with Crippen LogP contribution in [0.5, 0.6) is 0 Å². The van der Waals surface area contributed by atoms with Crippen molar-refractivity contribution in [2.45, 2.75) is 19.3 Å². The van der Waals surface area contributed by atoms with Crippen LogP contribution in [0.15, 0.2) is 0 Å². The SMILES string of the molecule is CN(C)CCCN(CCCN(C)C)C(=O)CCCl. The molecule has 108 valence electrons. The Morgan fingerprint density at radius 3 is 1.67 bits per heavy atom. The Kier molecular flexibility index (Phi) is 10.4. The zero-order valence-corrected chi connectivity index (χ0v) is 13.0. The molecule has 18 heavy (non-hydrogen) atoms. The quantitative estimate of drug-likeness (QED) is 0.564. The summed E-state index contributed by atoms with van der Waals surface area (Å²) >= 11 is 5.65. The molecule has 0 aliphatic carbocycles. The summed E-state index contributed by atoms with van der Waals surface area (Å²) in [6.45, 7) is 3.69. The third-order valence-corrected chi connectivity index (χ3v) is 2.92. The van der Waals surface area contributed by atoms with Crippen LogP contribution in [0, 0.1) is 0 Å². The Bertz CT molecular complexity index is 208. The van der Waals surface area contributed by atoms with E-state index in [1.165, 1.54) is 0 Å². The highest BCUT2D eigenvalue weighted by molar-refractivity contribution is 6.18. The number of carbonyl (C=O) groups is 1. The van der Waals surface area contributed by atoms with Crippen LogP contribution in [0.25, 0.3) is 0 Å². The lowest BCUT2D eigenvalue weighted by molar-refractivity contribution is -0.131. The second-order valence-electron chi connectivity index (χ2n) is 5.13. The summed E-state index contributed by atoms with van der Waals surface area (Å²) in [5, 5.41) is 0.